The molecule has 0 spiro atoms. The molecule has 3 heteroatoms. The molecule has 4 bridgehead atoms. The van der Waals surface area contributed by atoms with E-state index < -0.39 is 0 Å². The van der Waals surface area contributed by atoms with Gasteiger partial charge in [-0.05, 0) is 96.6 Å². The van der Waals surface area contributed by atoms with Gasteiger partial charge in [0.05, 0.1) is 25.4 Å². The van der Waals surface area contributed by atoms with Crippen molar-refractivity contribution in [3.05, 3.63) is 29.8 Å². The van der Waals surface area contributed by atoms with E-state index in [1.54, 1.807) is 7.11 Å². The Bertz CT molecular complexity index is 873. The van der Waals surface area contributed by atoms with Gasteiger partial charge in [0.1, 0.15) is 11.9 Å². The lowest BCUT2D eigenvalue weighted by Crippen LogP contribution is -2.42. The Hall–Kier alpha value is -1.06. The van der Waals surface area contributed by atoms with Gasteiger partial charge in [-0.3, -0.25) is 0 Å². The van der Waals surface area contributed by atoms with Crippen molar-refractivity contribution in [2.24, 2.45) is 33.5 Å². The molecule has 0 heterocycles. The molecule has 0 saturated heterocycles. The van der Waals surface area contributed by atoms with Gasteiger partial charge in [0, 0.05) is 0 Å². The third-order valence-electron chi connectivity index (χ3n) is 12.0. The first kappa shape index (κ1) is 23.7. The summed E-state index contributed by atoms with van der Waals surface area (Å²) in [5.74, 6) is 2.44. The Morgan fingerprint density at radius 2 is 1.24 bits per heavy atom. The SMILES string of the molecule is COc1ccc([C@H](O[C@H]2CC3CCC2(C)C3(C)C)[C@H](C)O[C@H]2CC3CCC2(C)C3(C)C)cc1. The van der Waals surface area contributed by atoms with Crippen LogP contribution < -0.4 is 4.74 Å². The first-order valence-corrected chi connectivity index (χ1v) is 13.4. The maximum atomic E-state index is 7.11. The summed E-state index contributed by atoms with van der Waals surface area (Å²) in [6.45, 7) is 17.1. The lowest BCUT2D eigenvalue weighted by atomic mass is 9.70. The quantitative estimate of drug-likeness (QED) is 0.425. The van der Waals surface area contributed by atoms with Crippen molar-refractivity contribution < 1.29 is 14.2 Å². The minimum absolute atomic E-state index is 0.0150. The summed E-state index contributed by atoms with van der Waals surface area (Å²) in [6.07, 6.45) is 8.20. The molecule has 0 aromatic heterocycles. The Labute approximate surface area is 202 Å². The summed E-state index contributed by atoms with van der Waals surface area (Å²) in [4.78, 5) is 0. The van der Waals surface area contributed by atoms with E-state index in [4.69, 9.17) is 14.2 Å². The molecule has 33 heavy (non-hydrogen) atoms. The molecule has 4 unspecified atom stereocenters. The molecule has 3 nitrogen and oxygen atoms in total. The summed E-state index contributed by atoms with van der Waals surface area (Å²) in [5.41, 5.74) is 2.41. The smallest absolute Gasteiger partial charge is 0.118 e. The predicted molar refractivity (Wildman–Crippen MR) is 133 cm³/mol. The van der Waals surface area contributed by atoms with E-state index >= 15 is 0 Å². The second-order valence-corrected chi connectivity index (χ2v) is 13.4. The third-order valence-corrected chi connectivity index (χ3v) is 12.0. The highest BCUT2D eigenvalue weighted by Gasteiger charge is 2.64. The Morgan fingerprint density at radius 1 is 0.758 bits per heavy atom. The standard InChI is InChI=1S/C30H46O3/c1-19(32-24-17-21-13-15-29(24,6)27(21,2)3)26(20-9-11-23(31-8)12-10-20)33-25-18-22-14-16-30(25,7)28(22,4)5/h9-12,19,21-22,24-26H,13-18H2,1-8H3/t19-,21?,22?,24-,25-,26+,29?,30?/m0/s1. The van der Waals surface area contributed by atoms with E-state index in [0.717, 1.165) is 17.6 Å². The van der Waals surface area contributed by atoms with Crippen LogP contribution in [0.3, 0.4) is 0 Å². The van der Waals surface area contributed by atoms with Crippen molar-refractivity contribution in [2.75, 3.05) is 7.11 Å². The van der Waals surface area contributed by atoms with Gasteiger partial charge >= 0.3 is 0 Å². The zero-order valence-electron chi connectivity index (χ0n) is 22.2. The molecule has 1 aromatic rings. The fraction of sp³-hybridized carbons (Fsp3) is 0.800. The maximum absolute atomic E-state index is 7.11. The molecule has 4 aliphatic carbocycles. The highest BCUT2D eigenvalue weighted by atomic mass is 16.6. The highest BCUT2D eigenvalue weighted by molar-refractivity contribution is 5.29. The minimum Gasteiger partial charge on any atom is -0.497 e. The molecule has 8 atom stereocenters. The van der Waals surface area contributed by atoms with Crippen molar-refractivity contribution in [3.63, 3.8) is 0 Å². The lowest BCUT2D eigenvalue weighted by molar-refractivity contribution is -0.168. The van der Waals surface area contributed by atoms with Crippen LogP contribution in [-0.2, 0) is 9.47 Å². The number of hydrogen-bond acceptors (Lipinski definition) is 3. The first-order chi connectivity index (χ1) is 15.4. The summed E-state index contributed by atoms with van der Waals surface area (Å²) < 4.78 is 19.5. The van der Waals surface area contributed by atoms with E-state index in [0.29, 0.717) is 16.9 Å². The largest absolute Gasteiger partial charge is 0.497 e. The minimum atomic E-state index is -0.0567. The molecule has 4 aliphatic rings. The van der Waals surface area contributed by atoms with Crippen molar-refractivity contribution >= 4 is 0 Å². The van der Waals surface area contributed by atoms with Gasteiger partial charge in [-0.25, -0.2) is 0 Å². The van der Waals surface area contributed by atoms with Crippen LogP contribution in [0.4, 0.5) is 0 Å². The van der Waals surface area contributed by atoms with E-state index in [1.807, 2.05) is 0 Å². The molecule has 184 valence electrons. The van der Waals surface area contributed by atoms with Crippen LogP contribution in [-0.4, -0.2) is 25.4 Å². The van der Waals surface area contributed by atoms with Gasteiger partial charge in [0.2, 0.25) is 0 Å². The van der Waals surface area contributed by atoms with Crippen LogP contribution in [0.15, 0.2) is 24.3 Å². The van der Waals surface area contributed by atoms with E-state index in [9.17, 15) is 0 Å². The number of rotatable bonds is 7. The van der Waals surface area contributed by atoms with Crippen LogP contribution in [0.1, 0.15) is 98.7 Å². The number of hydrogen-bond donors (Lipinski definition) is 0. The molecule has 4 saturated carbocycles. The predicted octanol–water partition coefficient (Wildman–Crippen LogP) is 7.59. The second-order valence-electron chi connectivity index (χ2n) is 13.4. The van der Waals surface area contributed by atoms with E-state index in [2.05, 4.69) is 72.7 Å². The Morgan fingerprint density at radius 3 is 1.64 bits per heavy atom. The average molecular weight is 455 g/mol. The van der Waals surface area contributed by atoms with Crippen LogP contribution in [0, 0.1) is 33.5 Å². The number of fused-ring (bicyclic) bond motifs is 4. The number of ether oxygens (including phenoxy) is 3. The molecule has 1 aromatic carbocycles. The Kier molecular flexibility index (Phi) is 5.54. The summed E-state index contributed by atoms with van der Waals surface area (Å²) in [6, 6.07) is 8.48. The highest BCUT2D eigenvalue weighted by Crippen LogP contribution is 2.68. The molecule has 0 N–H and O–H groups in total. The fourth-order valence-electron chi connectivity index (χ4n) is 8.43. The molecule has 5 rings (SSSR count). The summed E-state index contributed by atoms with van der Waals surface area (Å²) in [5, 5.41) is 0. The molecule has 4 fully saturated rings. The maximum Gasteiger partial charge on any atom is 0.118 e. The van der Waals surface area contributed by atoms with E-state index in [-0.39, 0.29) is 29.1 Å². The molecule has 0 aliphatic heterocycles. The zero-order chi connectivity index (χ0) is 23.8. The number of benzene rings is 1. The first-order valence-electron chi connectivity index (χ1n) is 13.4. The zero-order valence-corrected chi connectivity index (χ0v) is 22.2. The van der Waals surface area contributed by atoms with Crippen LogP contribution in [0.2, 0.25) is 0 Å². The van der Waals surface area contributed by atoms with Gasteiger partial charge in [-0.1, -0.05) is 53.7 Å². The topological polar surface area (TPSA) is 27.7 Å². The molecular weight excluding hydrogens is 408 g/mol. The Balaban J connectivity index is 1.40. The second kappa shape index (κ2) is 7.72. The van der Waals surface area contributed by atoms with Crippen molar-refractivity contribution in [3.8, 4) is 5.75 Å². The van der Waals surface area contributed by atoms with Crippen molar-refractivity contribution in [2.45, 2.75) is 111 Å². The summed E-state index contributed by atoms with van der Waals surface area (Å²) >= 11 is 0. The average Bonchev–Trinajstić information content (AvgIpc) is 3.29. The van der Waals surface area contributed by atoms with Gasteiger partial charge < -0.3 is 14.2 Å². The normalized spacial score (nSPS) is 41.9. The molecule has 0 amide bonds. The number of methoxy groups -OCH3 is 1. The van der Waals surface area contributed by atoms with Crippen LogP contribution >= 0.6 is 0 Å². The van der Waals surface area contributed by atoms with Crippen LogP contribution in [0.5, 0.6) is 5.75 Å². The van der Waals surface area contributed by atoms with E-state index in [1.165, 1.54) is 44.1 Å². The lowest BCUT2D eigenvalue weighted by Gasteiger charge is -2.43. The van der Waals surface area contributed by atoms with Crippen molar-refractivity contribution in [1.82, 2.24) is 0 Å². The van der Waals surface area contributed by atoms with Gasteiger partial charge in [-0.2, -0.15) is 0 Å². The van der Waals surface area contributed by atoms with Gasteiger partial charge in [-0.15, -0.1) is 0 Å². The summed E-state index contributed by atoms with van der Waals surface area (Å²) in [7, 11) is 1.73. The third kappa shape index (κ3) is 3.28. The van der Waals surface area contributed by atoms with Gasteiger partial charge in [0.25, 0.3) is 0 Å². The molecular formula is C30H46O3. The van der Waals surface area contributed by atoms with Gasteiger partial charge in [0.15, 0.2) is 0 Å². The monoisotopic (exact) mass is 454 g/mol. The molecule has 0 radical (unpaired) electrons. The van der Waals surface area contributed by atoms with Crippen LogP contribution in [0.25, 0.3) is 0 Å². The fourth-order valence-corrected chi connectivity index (χ4v) is 8.43. The van der Waals surface area contributed by atoms with Crippen molar-refractivity contribution in [1.29, 1.82) is 0 Å².